The number of hydrogen-bond acceptors (Lipinski definition) is 6. The predicted molar refractivity (Wildman–Crippen MR) is 110 cm³/mol. The van der Waals surface area contributed by atoms with Gasteiger partial charge in [0.25, 0.3) is 0 Å². The van der Waals surface area contributed by atoms with E-state index in [1.54, 1.807) is 37.4 Å². The van der Waals surface area contributed by atoms with E-state index in [9.17, 15) is 13.2 Å². The van der Waals surface area contributed by atoms with Gasteiger partial charge in [-0.05, 0) is 55.1 Å². The Balaban J connectivity index is 1.89. The molecule has 0 unspecified atom stereocenters. The Kier molecular flexibility index (Phi) is 8.05. The molecule has 0 fully saturated rings. The van der Waals surface area contributed by atoms with E-state index >= 15 is 0 Å². The number of carbonyl (C=O) groups is 1. The molecule has 2 N–H and O–H groups in total. The van der Waals surface area contributed by atoms with E-state index in [4.69, 9.17) is 14.2 Å². The minimum atomic E-state index is -3.68. The molecule has 1 amide bonds. The molecule has 0 aliphatic rings. The van der Waals surface area contributed by atoms with E-state index in [-0.39, 0.29) is 16.6 Å². The number of hydrogen-bond donors (Lipinski definition) is 2. The molecule has 0 atom stereocenters. The van der Waals surface area contributed by atoms with Crippen LogP contribution in [0.25, 0.3) is 6.08 Å². The number of carbonyl (C=O) groups excluding carboxylic acids is 1. The molecule has 0 saturated heterocycles. The van der Waals surface area contributed by atoms with Crippen LogP contribution in [0.15, 0.2) is 53.4 Å². The molecule has 0 spiro atoms. The highest BCUT2D eigenvalue weighted by Gasteiger charge is 2.17. The second-order valence-corrected chi connectivity index (χ2v) is 7.62. The normalized spacial score (nSPS) is 11.3. The van der Waals surface area contributed by atoms with Crippen molar-refractivity contribution >= 4 is 22.0 Å². The van der Waals surface area contributed by atoms with Gasteiger partial charge in [0.1, 0.15) is 28.8 Å². The van der Waals surface area contributed by atoms with Crippen molar-refractivity contribution in [3.8, 4) is 17.2 Å². The summed E-state index contributed by atoms with van der Waals surface area (Å²) in [5, 5.41) is 2.69. The van der Waals surface area contributed by atoms with Crippen LogP contribution in [0.3, 0.4) is 0 Å². The fourth-order valence-electron chi connectivity index (χ4n) is 2.36. The van der Waals surface area contributed by atoms with Crippen LogP contribution in [0.4, 0.5) is 0 Å². The third-order valence-corrected chi connectivity index (χ3v) is 5.34. The van der Waals surface area contributed by atoms with Crippen LogP contribution in [0.2, 0.25) is 0 Å². The molecule has 0 aromatic heterocycles. The van der Waals surface area contributed by atoms with Gasteiger partial charge in [-0.1, -0.05) is 6.07 Å². The monoisotopic (exact) mass is 420 g/mol. The molecule has 0 heterocycles. The Morgan fingerprint density at radius 2 is 1.72 bits per heavy atom. The molecular formula is C20H24N2O6S. The van der Waals surface area contributed by atoms with Crippen molar-refractivity contribution in [2.45, 2.75) is 4.90 Å². The number of ether oxygens (including phenoxy) is 3. The van der Waals surface area contributed by atoms with Crippen molar-refractivity contribution in [3.05, 3.63) is 54.1 Å². The smallest absolute Gasteiger partial charge is 0.244 e. The minimum absolute atomic E-state index is 0.00190. The zero-order valence-electron chi connectivity index (χ0n) is 16.5. The standard InChI is InChI=1S/C20H24N2O6S/c1-21-29(24,25)19-14-15(4-10-18(19)27-3)5-11-20(23)22-12-13-28-17-8-6-16(26-2)7-9-17/h4-11,14,21H,12-13H2,1-3H3,(H,22,23)/b11-5+. The molecule has 2 aromatic rings. The maximum atomic E-state index is 12.1. The molecule has 8 nitrogen and oxygen atoms in total. The van der Waals surface area contributed by atoms with Gasteiger partial charge in [-0.25, -0.2) is 13.1 Å². The summed E-state index contributed by atoms with van der Waals surface area (Å²) in [6.45, 7) is 0.621. The fraction of sp³-hybridized carbons (Fsp3) is 0.250. The number of amides is 1. The first-order valence-corrected chi connectivity index (χ1v) is 10.2. The molecule has 0 aliphatic carbocycles. The summed E-state index contributed by atoms with van der Waals surface area (Å²) in [6.07, 6.45) is 2.85. The average molecular weight is 420 g/mol. The molecule has 0 saturated carbocycles. The summed E-state index contributed by atoms with van der Waals surface area (Å²) in [7, 11) is 0.612. The Hall–Kier alpha value is -3.04. The molecular weight excluding hydrogens is 396 g/mol. The first-order chi connectivity index (χ1) is 13.9. The third-order valence-electron chi connectivity index (χ3n) is 3.90. The summed E-state index contributed by atoms with van der Waals surface area (Å²) in [6, 6.07) is 11.7. The van der Waals surface area contributed by atoms with Crippen LogP contribution >= 0.6 is 0 Å². The molecule has 156 valence electrons. The fourth-order valence-corrected chi connectivity index (χ4v) is 3.29. The Morgan fingerprint density at radius 1 is 1.03 bits per heavy atom. The summed E-state index contributed by atoms with van der Waals surface area (Å²) in [5.74, 6) is 1.31. The van der Waals surface area contributed by atoms with Gasteiger partial charge in [0.15, 0.2) is 0 Å². The van der Waals surface area contributed by atoms with Gasteiger partial charge in [0.2, 0.25) is 15.9 Å². The van der Waals surface area contributed by atoms with Crippen LogP contribution in [-0.4, -0.2) is 48.7 Å². The summed E-state index contributed by atoms with van der Waals surface area (Å²) < 4.78 is 42.1. The Bertz CT molecular complexity index is 955. The Morgan fingerprint density at radius 3 is 2.34 bits per heavy atom. The summed E-state index contributed by atoms with van der Waals surface area (Å²) in [4.78, 5) is 11.9. The van der Waals surface area contributed by atoms with Crippen LogP contribution in [0.5, 0.6) is 17.2 Å². The number of methoxy groups -OCH3 is 2. The maximum Gasteiger partial charge on any atom is 0.244 e. The lowest BCUT2D eigenvalue weighted by atomic mass is 10.2. The SMILES string of the molecule is CNS(=O)(=O)c1cc(/C=C/C(=O)NCCOc2ccc(OC)cc2)ccc1OC. The molecule has 0 bridgehead atoms. The van der Waals surface area contributed by atoms with Gasteiger partial charge >= 0.3 is 0 Å². The van der Waals surface area contributed by atoms with Gasteiger partial charge in [-0.2, -0.15) is 0 Å². The van der Waals surface area contributed by atoms with Gasteiger partial charge in [-0.3, -0.25) is 4.79 Å². The molecule has 0 aliphatic heterocycles. The lowest BCUT2D eigenvalue weighted by molar-refractivity contribution is -0.116. The van der Waals surface area contributed by atoms with E-state index in [0.29, 0.717) is 24.5 Å². The summed E-state index contributed by atoms with van der Waals surface area (Å²) in [5.41, 5.74) is 0.546. The highest BCUT2D eigenvalue weighted by molar-refractivity contribution is 7.89. The zero-order chi connectivity index (χ0) is 21.3. The van der Waals surface area contributed by atoms with Gasteiger partial charge in [0.05, 0.1) is 20.8 Å². The van der Waals surface area contributed by atoms with E-state index in [1.165, 1.54) is 38.4 Å². The lowest BCUT2D eigenvalue weighted by Crippen LogP contribution is -2.26. The van der Waals surface area contributed by atoms with E-state index in [2.05, 4.69) is 10.0 Å². The molecule has 2 rings (SSSR count). The molecule has 2 aromatic carbocycles. The zero-order valence-corrected chi connectivity index (χ0v) is 17.3. The number of rotatable bonds is 10. The lowest BCUT2D eigenvalue weighted by Gasteiger charge is -2.09. The van der Waals surface area contributed by atoms with Crippen molar-refractivity contribution in [3.63, 3.8) is 0 Å². The number of sulfonamides is 1. The van der Waals surface area contributed by atoms with Crippen LogP contribution in [0, 0.1) is 0 Å². The predicted octanol–water partition coefficient (Wildman–Crippen LogP) is 1.82. The highest BCUT2D eigenvalue weighted by Crippen LogP contribution is 2.25. The molecule has 0 radical (unpaired) electrons. The van der Waals surface area contributed by atoms with Crippen molar-refractivity contribution in [1.82, 2.24) is 10.0 Å². The van der Waals surface area contributed by atoms with Crippen LogP contribution in [-0.2, 0) is 14.8 Å². The van der Waals surface area contributed by atoms with Crippen molar-refractivity contribution in [1.29, 1.82) is 0 Å². The van der Waals surface area contributed by atoms with E-state index < -0.39 is 10.0 Å². The van der Waals surface area contributed by atoms with Crippen LogP contribution < -0.4 is 24.2 Å². The van der Waals surface area contributed by atoms with Gasteiger partial charge in [0, 0.05) is 6.08 Å². The molecule has 9 heteroatoms. The van der Waals surface area contributed by atoms with Crippen molar-refractivity contribution in [2.75, 3.05) is 34.4 Å². The number of benzene rings is 2. The van der Waals surface area contributed by atoms with Crippen molar-refractivity contribution < 1.29 is 27.4 Å². The second kappa shape index (κ2) is 10.5. The molecule has 29 heavy (non-hydrogen) atoms. The minimum Gasteiger partial charge on any atom is -0.497 e. The van der Waals surface area contributed by atoms with Gasteiger partial charge in [-0.15, -0.1) is 0 Å². The Labute approximate surface area is 170 Å². The number of nitrogens with one attached hydrogen (secondary N) is 2. The van der Waals surface area contributed by atoms with E-state index in [1.807, 2.05) is 0 Å². The third kappa shape index (κ3) is 6.51. The average Bonchev–Trinajstić information content (AvgIpc) is 2.75. The largest absolute Gasteiger partial charge is 0.497 e. The maximum absolute atomic E-state index is 12.1. The first-order valence-electron chi connectivity index (χ1n) is 8.74. The van der Waals surface area contributed by atoms with Crippen LogP contribution in [0.1, 0.15) is 5.56 Å². The second-order valence-electron chi connectivity index (χ2n) is 5.77. The quantitative estimate of drug-likeness (QED) is 0.449. The summed E-state index contributed by atoms with van der Waals surface area (Å²) >= 11 is 0. The van der Waals surface area contributed by atoms with E-state index in [0.717, 1.165) is 5.75 Å². The van der Waals surface area contributed by atoms with Crippen molar-refractivity contribution in [2.24, 2.45) is 0 Å². The van der Waals surface area contributed by atoms with Gasteiger partial charge < -0.3 is 19.5 Å². The highest BCUT2D eigenvalue weighted by atomic mass is 32.2. The topological polar surface area (TPSA) is 103 Å². The first kappa shape index (κ1) is 22.3.